The van der Waals surface area contributed by atoms with Crippen molar-refractivity contribution in [2.24, 2.45) is 0 Å². The van der Waals surface area contributed by atoms with Gasteiger partial charge in [-0.3, -0.25) is 4.79 Å². The van der Waals surface area contributed by atoms with Crippen LogP contribution in [-0.2, 0) is 0 Å². The number of anilines is 1. The molecule has 23 heavy (non-hydrogen) atoms. The number of amides is 1. The highest BCUT2D eigenvalue weighted by Gasteiger charge is 2.21. The Kier molecular flexibility index (Phi) is 4.79. The molecule has 1 aromatic heterocycles. The van der Waals surface area contributed by atoms with Gasteiger partial charge in [-0.1, -0.05) is 23.7 Å². The molecule has 120 valence electrons. The highest BCUT2D eigenvalue weighted by molar-refractivity contribution is 6.30. The summed E-state index contributed by atoms with van der Waals surface area (Å²) in [5.74, 6) is 0.461. The number of halogens is 1. The van der Waals surface area contributed by atoms with E-state index in [4.69, 9.17) is 11.6 Å². The minimum absolute atomic E-state index is 0.118. The zero-order valence-corrected chi connectivity index (χ0v) is 13.3. The molecule has 1 aromatic carbocycles. The first-order chi connectivity index (χ1) is 11.1. The Morgan fingerprint density at radius 3 is 2.91 bits per heavy atom. The predicted molar refractivity (Wildman–Crippen MR) is 89.6 cm³/mol. The Balaban J connectivity index is 1.58. The van der Waals surface area contributed by atoms with Gasteiger partial charge in [-0.05, 0) is 42.7 Å². The van der Waals surface area contributed by atoms with Gasteiger partial charge in [0.15, 0.2) is 0 Å². The van der Waals surface area contributed by atoms with Crippen molar-refractivity contribution in [1.29, 1.82) is 0 Å². The van der Waals surface area contributed by atoms with E-state index in [-0.39, 0.29) is 12.5 Å². The molecule has 1 heterocycles. The Bertz CT molecular complexity index is 704. The summed E-state index contributed by atoms with van der Waals surface area (Å²) in [6.07, 6.45) is 3.09. The third kappa shape index (κ3) is 4.43. The largest absolute Gasteiger partial charge is 0.387 e. The van der Waals surface area contributed by atoms with Gasteiger partial charge >= 0.3 is 0 Å². The first-order valence-corrected chi connectivity index (χ1v) is 7.94. The van der Waals surface area contributed by atoms with Gasteiger partial charge in [-0.25, -0.2) is 4.98 Å². The zero-order valence-electron chi connectivity index (χ0n) is 12.5. The van der Waals surface area contributed by atoms with Gasteiger partial charge in [0.1, 0.15) is 5.82 Å². The van der Waals surface area contributed by atoms with E-state index in [2.05, 4.69) is 15.6 Å². The first kappa shape index (κ1) is 15.8. The van der Waals surface area contributed by atoms with Crippen molar-refractivity contribution in [3.8, 4) is 0 Å². The van der Waals surface area contributed by atoms with Gasteiger partial charge in [-0.2, -0.15) is 0 Å². The minimum atomic E-state index is -0.802. The van der Waals surface area contributed by atoms with E-state index in [9.17, 15) is 9.90 Å². The number of carbonyl (C=O) groups excluding carboxylic acids is 1. The Hall–Kier alpha value is -2.11. The summed E-state index contributed by atoms with van der Waals surface area (Å²) in [7, 11) is 0. The van der Waals surface area contributed by atoms with E-state index in [0.29, 0.717) is 28.0 Å². The molecule has 1 saturated carbocycles. The predicted octanol–water partition coefficient (Wildman–Crippen LogP) is 2.77. The molecule has 0 saturated heterocycles. The van der Waals surface area contributed by atoms with Crippen molar-refractivity contribution in [3.63, 3.8) is 0 Å². The number of pyridine rings is 1. The van der Waals surface area contributed by atoms with Gasteiger partial charge < -0.3 is 15.7 Å². The lowest BCUT2D eigenvalue weighted by atomic mass is 10.1. The van der Waals surface area contributed by atoms with Crippen LogP contribution in [0, 0.1) is 0 Å². The fourth-order valence-corrected chi connectivity index (χ4v) is 2.41. The van der Waals surface area contributed by atoms with Gasteiger partial charge in [0, 0.05) is 29.4 Å². The quantitative estimate of drug-likeness (QED) is 0.761. The highest BCUT2D eigenvalue weighted by Crippen LogP contribution is 2.23. The second-order valence-corrected chi connectivity index (χ2v) is 6.07. The molecule has 2 aromatic rings. The summed E-state index contributed by atoms with van der Waals surface area (Å²) < 4.78 is 0. The Morgan fingerprint density at radius 2 is 2.17 bits per heavy atom. The van der Waals surface area contributed by atoms with Crippen molar-refractivity contribution < 1.29 is 9.90 Å². The number of nitrogens with one attached hydrogen (secondary N) is 2. The number of hydrogen-bond donors (Lipinski definition) is 3. The first-order valence-electron chi connectivity index (χ1n) is 7.56. The maximum atomic E-state index is 12.2. The number of aromatic nitrogens is 1. The second kappa shape index (κ2) is 6.98. The number of carbonyl (C=O) groups is 1. The SMILES string of the molecule is O=C(NC[C@H](O)c1cccc(Cl)c1)c1ccnc(NC2CC2)c1. The number of aliphatic hydroxyl groups excluding tert-OH is 1. The van der Waals surface area contributed by atoms with E-state index in [1.54, 1.807) is 42.6 Å². The molecule has 6 heteroatoms. The smallest absolute Gasteiger partial charge is 0.251 e. The van der Waals surface area contributed by atoms with Crippen molar-refractivity contribution in [2.75, 3.05) is 11.9 Å². The molecule has 0 bridgehead atoms. The molecule has 1 aliphatic carbocycles. The van der Waals surface area contributed by atoms with E-state index in [1.165, 1.54) is 0 Å². The third-order valence-electron chi connectivity index (χ3n) is 3.64. The maximum absolute atomic E-state index is 12.2. The van der Waals surface area contributed by atoms with Crippen LogP contribution in [0.2, 0.25) is 5.02 Å². The standard InChI is InChI=1S/C17H18ClN3O2/c18-13-3-1-2-11(8-13)15(22)10-20-17(23)12-6-7-19-16(9-12)21-14-4-5-14/h1-3,6-9,14-15,22H,4-5,10H2,(H,19,21)(H,20,23)/t15-/m0/s1. The average Bonchev–Trinajstić information content (AvgIpc) is 3.36. The van der Waals surface area contributed by atoms with Crippen molar-refractivity contribution in [3.05, 3.63) is 58.7 Å². The topological polar surface area (TPSA) is 74.2 Å². The fourth-order valence-electron chi connectivity index (χ4n) is 2.21. The summed E-state index contributed by atoms with van der Waals surface area (Å²) in [6.45, 7) is 0.118. The summed E-state index contributed by atoms with van der Waals surface area (Å²) in [6, 6.07) is 10.8. The van der Waals surface area contributed by atoms with Crippen LogP contribution in [0.3, 0.4) is 0 Å². The van der Waals surface area contributed by atoms with E-state index in [0.717, 1.165) is 12.8 Å². The molecule has 0 unspecified atom stereocenters. The normalized spacial score (nSPS) is 15.0. The number of aliphatic hydroxyl groups is 1. The number of rotatable bonds is 6. The van der Waals surface area contributed by atoms with Gasteiger partial charge in [0.25, 0.3) is 5.91 Å². The fraction of sp³-hybridized carbons (Fsp3) is 0.294. The molecule has 3 rings (SSSR count). The lowest BCUT2D eigenvalue weighted by molar-refractivity contribution is 0.0916. The summed E-state index contributed by atoms with van der Waals surface area (Å²) in [5.41, 5.74) is 1.19. The van der Waals surface area contributed by atoms with Crippen molar-refractivity contribution in [1.82, 2.24) is 10.3 Å². The van der Waals surface area contributed by atoms with Crippen LogP contribution >= 0.6 is 11.6 Å². The molecule has 1 atom stereocenters. The average molecular weight is 332 g/mol. The zero-order chi connectivity index (χ0) is 16.2. The van der Waals surface area contributed by atoms with Gasteiger partial charge in [0.2, 0.25) is 0 Å². The van der Waals surface area contributed by atoms with Gasteiger partial charge in [0.05, 0.1) is 6.10 Å². The maximum Gasteiger partial charge on any atom is 0.251 e. The number of benzene rings is 1. The molecule has 0 radical (unpaired) electrons. The molecule has 5 nitrogen and oxygen atoms in total. The molecule has 1 amide bonds. The van der Waals surface area contributed by atoms with Crippen LogP contribution in [0.1, 0.15) is 34.9 Å². The van der Waals surface area contributed by atoms with Crippen molar-refractivity contribution >= 4 is 23.3 Å². The monoisotopic (exact) mass is 331 g/mol. The van der Waals surface area contributed by atoms with Gasteiger partial charge in [-0.15, -0.1) is 0 Å². The Labute approximate surface area is 139 Å². The van der Waals surface area contributed by atoms with Crippen LogP contribution in [0.25, 0.3) is 0 Å². The Morgan fingerprint density at radius 1 is 1.35 bits per heavy atom. The number of nitrogens with zero attached hydrogens (tertiary/aromatic N) is 1. The minimum Gasteiger partial charge on any atom is -0.387 e. The second-order valence-electron chi connectivity index (χ2n) is 5.63. The summed E-state index contributed by atoms with van der Waals surface area (Å²) in [5, 5.41) is 16.7. The highest BCUT2D eigenvalue weighted by atomic mass is 35.5. The number of hydrogen-bond acceptors (Lipinski definition) is 4. The third-order valence-corrected chi connectivity index (χ3v) is 3.88. The lowest BCUT2D eigenvalue weighted by Crippen LogP contribution is -2.28. The molecule has 3 N–H and O–H groups in total. The molecule has 0 spiro atoms. The molecular weight excluding hydrogens is 314 g/mol. The van der Waals surface area contributed by atoms with E-state index in [1.807, 2.05) is 0 Å². The van der Waals surface area contributed by atoms with E-state index >= 15 is 0 Å². The summed E-state index contributed by atoms with van der Waals surface area (Å²) >= 11 is 5.90. The van der Waals surface area contributed by atoms with Crippen LogP contribution in [0.4, 0.5) is 5.82 Å². The van der Waals surface area contributed by atoms with Crippen LogP contribution < -0.4 is 10.6 Å². The lowest BCUT2D eigenvalue weighted by Gasteiger charge is -2.13. The molecular formula is C17H18ClN3O2. The van der Waals surface area contributed by atoms with Crippen LogP contribution in [0.15, 0.2) is 42.6 Å². The summed E-state index contributed by atoms with van der Waals surface area (Å²) in [4.78, 5) is 16.4. The van der Waals surface area contributed by atoms with Crippen LogP contribution in [0.5, 0.6) is 0 Å². The molecule has 1 fully saturated rings. The molecule has 0 aliphatic heterocycles. The van der Waals surface area contributed by atoms with E-state index < -0.39 is 6.10 Å². The van der Waals surface area contributed by atoms with Crippen molar-refractivity contribution in [2.45, 2.75) is 25.0 Å². The molecule has 1 aliphatic rings. The van der Waals surface area contributed by atoms with Crippen LogP contribution in [-0.4, -0.2) is 28.6 Å².